The van der Waals surface area contributed by atoms with Gasteiger partial charge < -0.3 is 19.9 Å². The molecule has 1 fully saturated rings. The van der Waals surface area contributed by atoms with E-state index in [2.05, 4.69) is 5.32 Å². The molecular formula is C19H19Cl2NO4. The number of nitrogens with one attached hydrogen (secondary N) is 1. The molecule has 2 unspecified atom stereocenters. The molecule has 0 radical (unpaired) electrons. The van der Waals surface area contributed by atoms with Crippen LogP contribution in [0.25, 0.3) is 0 Å². The van der Waals surface area contributed by atoms with Crippen LogP contribution in [-0.2, 0) is 4.74 Å². The third kappa shape index (κ3) is 4.68. The van der Waals surface area contributed by atoms with Gasteiger partial charge in [-0.2, -0.15) is 0 Å². The Kier molecular flexibility index (Phi) is 6.38. The zero-order chi connectivity index (χ0) is 18.5. The van der Waals surface area contributed by atoms with Crippen molar-refractivity contribution < 1.29 is 19.4 Å². The van der Waals surface area contributed by atoms with E-state index in [4.69, 9.17) is 37.8 Å². The van der Waals surface area contributed by atoms with Gasteiger partial charge in [-0.15, -0.1) is 0 Å². The molecule has 0 bridgehead atoms. The topological polar surface area (TPSA) is 67.8 Å². The van der Waals surface area contributed by atoms with Gasteiger partial charge in [0.05, 0.1) is 34.9 Å². The van der Waals surface area contributed by atoms with E-state index in [-0.39, 0.29) is 17.6 Å². The fraction of sp³-hybridized carbons (Fsp3) is 0.316. The Labute approximate surface area is 161 Å². The largest absolute Gasteiger partial charge is 0.493 e. The average molecular weight is 396 g/mol. The lowest BCUT2D eigenvalue weighted by molar-refractivity contribution is 0.0153. The summed E-state index contributed by atoms with van der Waals surface area (Å²) in [6.07, 6.45) is -0.192. The number of hydrogen-bond donors (Lipinski definition) is 2. The minimum absolute atomic E-state index is 0.0308. The second kappa shape index (κ2) is 8.73. The van der Waals surface area contributed by atoms with Crippen molar-refractivity contribution in [1.82, 2.24) is 5.32 Å². The van der Waals surface area contributed by atoms with Crippen molar-refractivity contribution in [3.8, 4) is 5.75 Å². The van der Waals surface area contributed by atoms with Gasteiger partial charge in [-0.3, -0.25) is 0 Å². The quantitative estimate of drug-likeness (QED) is 0.798. The van der Waals surface area contributed by atoms with E-state index < -0.39 is 5.97 Å². The van der Waals surface area contributed by atoms with Crippen LogP contribution >= 0.6 is 23.2 Å². The molecule has 138 valence electrons. The normalized spacial score (nSPS) is 20.4. The Morgan fingerprint density at radius 3 is 2.85 bits per heavy atom. The molecular weight excluding hydrogens is 377 g/mol. The molecule has 0 saturated carbocycles. The van der Waals surface area contributed by atoms with Crippen molar-refractivity contribution in [2.24, 2.45) is 5.92 Å². The number of rotatable bonds is 5. The minimum Gasteiger partial charge on any atom is -0.493 e. The first kappa shape index (κ1) is 19.0. The lowest BCUT2D eigenvalue weighted by atomic mass is 9.96. The third-order valence-corrected chi connectivity index (χ3v) is 4.97. The number of hydrogen-bond acceptors (Lipinski definition) is 4. The molecule has 1 aliphatic rings. The van der Waals surface area contributed by atoms with Crippen molar-refractivity contribution in [2.45, 2.75) is 6.10 Å². The van der Waals surface area contributed by atoms with E-state index >= 15 is 0 Å². The van der Waals surface area contributed by atoms with Crippen LogP contribution in [0.3, 0.4) is 0 Å². The molecule has 3 rings (SSSR count). The average Bonchev–Trinajstić information content (AvgIpc) is 2.88. The standard InChI is InChI=1S/C19H19Cl2NO4/c20-16-5-4-12(9-17(16)21)18-14(10-22-6-7-25-18)11-26-15-3-1-2-13(8-15)19(23)24/h1-5,8-9,14,18,22H,6-7,10-11H2,(H,23,24). The van der Waals surface area contributed by atoms with Crippen LogP contribution in [0.4, 0.5) is 0 Å². The molecule has 7 heteroatoms. The molecule has 0 aromatic heterocycles. The van der Waals surface area contributed by atoms with Crippen LogP contribution < -0.4 is 10.1 Å². The molecule has 2 atom stereocenters. The van der Waals surface area contributed by atoms with Crippen molar-refractivity contribution in [2.75, 3.05) is 26.3 Å². The number of benzene rings is 2. The van der Waals surface area contributed by atoms with Crippen LogP contribution in [0.2, 0.25) is 10.0 Å². The van der Waals surface area contributed by atoms with E-state index in [1.165, 1.54) is 12.1 Å². The molecule has 2 N–H and O–H groups in total. The van der Waals surface area contributed by atoms with Gasteiger partial charge in [0.15, 0.2) is 0 Å². The lowest BCUT2D eigenvalue weighted by Crippen LogP contribution is -2.29. The van der Waals surface area contributed by atoms with Gasteiger partial charge in [-0.1, -0.05) is 35.3 Å². The molecule has 0 spiro atoms. The maximum atomic E-state index is 11.1. The molecule has 0 aliphatic carbocycles. The van der Waals surface area contributed by atoms with Gasteiger partial charge >= 0.3 is 5.97 Å². The zero-order valence-electron chi connectivity index (χ0n) is 14.0. The highest BCUT2D eigenvalue weighted by molar-refractivity contribution is 6.42. The summed E-state index contributed by atoms with van der Waals surface area (Å²) < 4.78 is 11.9. The van der Waals surface area contributed by atoms with Gasteiger partial charge in [-0.25, -0.2) is 4.79 Å². The van der Waals surface area contributed by atoms with E-state index in [1.54, 1.807) is 18.2 Å². The Morgan fingerprint density at radius 2 is 2.08 bits per heavy atom. The van der Waals surface area contributed by atoms with Crippen molar-refractivity contribution in [1.29, 1.82) is 0 Å². The number of carboxylic acids is 1. The molecule has 1 aliphatic heterocycles. The monoisotopic (exact) mass is 395 g/mol. The molecule has 2 aromatic rings. The van der Waals surface area contributed by atoms with E-state index in [0.29, 0.717) is 35.6 Å². The number of aromatic carboxylic acids is 1. The summed E-state index contributed by atoms with van der Waals surface area (Å²) in [7, 11) is 0. The summed E-state index contributed by atoms with van der Waals surface area (Å²) in [5.41, 5.74) is 1.13. The first-order valence-electron chi connectivity index (χ1n) is 8.28. The first-order valence-corrected chi connectivity index (χ1v) is 9.03. The fourth-order valence-electron chi connectivity index (χ4n) is 2.91. The molecule has 0 amide bonds. The number of halogens is 2. The summed E-state index contributed by atoms with van der Waals surface area (Å²) in [6, 6.07) is 11.9. The Morgan fingerprint density at radius 1 is 1.23 bits per heavy atom. The summed E-state index contributed by atoms with van der Waals surface area (Å²) >= 11 is 12.2. The highest BCUT2D eigenvalue weighted by Gasteiger charge is 2.27. The Hall–Kier alpha value is -1.79. The number of carbonyl (C=O) groups is 1. The molecule has 1 saturated heterocycles. The zero-order valence-corrected chi connectivity index (χ0v) is 15.5. The van der Waals surface area contributed by atoms with Crippen LogP contribution in [0, 0.1) is 5.92 Å². The third-order valence-electron chi connectivity index (χ3n) is 4.23. The smallest absolute Gasteiger partial charge is 0.335 e. The van der Waals surface area contributed by atoms with E-state index in [1.807, 2.05) is 12.1 Å². The molecule has 26 heavy (non-hydrogen) atoms. The van der Waals surface area contributed by atoms with Crippen molar-refractivity contribution in [3.05, 3.63) is 63.6 Å². The maximum Gasteiger partial charge on any atom is 0.335 e. The summed E-state index contributed by atoms with van der Waals surface area (Å²) in [6.45, 7) is 2.42. The van der Waals surface area contributed by atoms with Crippen LogP contribution in [-0.4, -0.2) is 37.4 Å². The van der Waals surface area contributed by atoms with E-state index in [9.17, 15) is 4.79 Å². The fourth-order valence-corrected chi connectivity index (χ4v) is 3.22. The SMILES string of the molecule is O=C(O)c1cccc(OCC2CNCCOC2c2ccc(Cl)c(Cl)c2)c1. The molecule has 5 nitrogen and oxygen atoms in total. The summed E-state index contributed by atoms with van der Waals surface area (Å²) in [4.78, 5) is 11.1. The molecule has 1 heterocycles. The lowest BCUT2D eigenvalue weighted by Gasteiger charge is -2.25. The van der Waals surface area contributed by atoms with Crippen LogP contribution in [0.15, 0.2) is 42.5 Å². The van der Waals surface area contributed by atoms with Crippen molar-refractivity contribution in [3.63, 3.8) is 0 Å². The highest BCUT2D eigenvalue weighted by Crippen LogP contribution is 2.32. The summed E-state index contributed by atoms with van der Waals surface area (Å²) in [5, 5.41) is 13.4. The van der Waals surface area contributed by atoms with Gasteiger partial charge in [0.2, 0.25) is 0 Å². The Bertz CT molecular complexity index is 784. The maximum absolute atomic E-state index is 11.1. The van der Waals surface area contributed by atoms with Crippen molar-refractivity contribution >= 4 is 29.2 Å². The van der Waals surface area contributed by atoms with E-state index in [0.717, 1.165) is 12.1 Å². The summed E-state index contributed by atoms with van der Waals surface area (Å²) in [5.74, 6) is -0.436. The second-order valence-corrected chi connectivity index (χ2v) is 6.89. The second-order valence-electron chi connectivity index (χ2n) is 6.07. The number of ether oxygens (including phenoxy) is 2. The first-order chi connectivity index (χ1) is 12.5. The number of carboxylic acid groups (broad SMARTS) is 1. The van der Waals surface area contributed by atoms with Crippen LogP contribution in [0.5, 0.6) is 5.75 Å². The Balaban J connectivity index is 1.75. The van der Waals surface area contributed by atoms with Gasteiger partial charge in [0.25, 0.3) is 0 Å². The minimum atomic E-state index is -0.983. The predicted molar refractivity (Wildman–Crippen MR) is 100 cm³/mol. The van der Waals surface area contributed by atoms with Gasteiger partial charge in [0.1, 0.15) is 5.75 Å². The van der Waals surface area contributed by atoms with Gasteiger partial charge in [-0.05, 0) is 35.9 Å². The van der Waals surface area contributed by atoms with Gasteiger partial charge in [0, 0.05) is 19.0 Å². The van der Waals surface area contributed by atoms with Crippen LogP contribution in [0.1, 0.15) is 22.0 Å². The highest BCUT2D eigenvalue weighted by atomic mass is 35.5. The predicted octanol–water partition coefficient (Wildman–Crippen LogP) is 4.05. The molecule has 2 aromatic carbocycles.